The second-order valence-electron chi connectivity index (χ2n) is 4.38. The van der Waals surface area contributed by atoms with Crippen molar-refractivity contribution in [3.05, 3.63) is 64.0 Å². The summed E-state index contributed by atoms with van der Waals surface area (Å²) in [5.41, 5.74) is 1.66. The van der Waals surface area contributed by atoms with Crippen LogP contribution in [0.1, 0.15) is 11.1 Å². The summed E-state index contributed by atoms with van der Waals surface area (Å²) in [7, 11) is 0. The number of nitro benzene ring substituents is 1. The third-order valence-electron chi connectivity index (χ3n) is 2.93. The van der Waals surface area contributed by atoms with Crippen LogP contribution in [0.5, 0.6) is 0 Å². The molecule has 108 valence electrons. The minimum Gasteiger partial charge on any atom is -0.334 e. The molecule has 0 unspecified atom stereocenters. The molecule has 0 aliphatic rings. The van der Waals surface area contributed by atoms with Crippen LogP contribution >= 0.6 is 0 Å². The molecule has 7 nitrogen and oxygen atoms in total. The van der Waals surface area contributed by atoms with Gasteiger partial charge >= 0.3 is 6.03 Å². The van der Waals surface area contributed by atoms with Crippen molar-refractivity contribution in [2.75, 3.05) is 5.32 Å². The van der Waals surface area contributed by atoms with Crippen molar-refractivity contribution in [2.45, 2.75) is 13.5 Å². The number of hydrogen-bond donors (Lipinski definition) is 2. The molecule has 0 saturated heterocycles. The van der Waals surface area contributed by atoms with Crippen LogP contribution in [-0.4, -0.2) is 15.9 Å². The minimum absolute atomic E-state index is 0.0277. The van der Waals surface area contributed by atoms with Gasteiger partial charge in [-0.1, -0.05) is 12.1 Å². The standard InChI is InChI=1S/C14H14N4O3/c1-10-12(5-2-6-13(10)18(20)21)17-14(19)16-9-11-4-3-7-15-8-11/h2-8H,9H2,1H3,(H2,16,17,19). The monoisotopic (exact) mass is 286 g/mol. The second kappa shape index (κ2) is 6.47. The highest BCUT2D eigenvalue weighted by atomic mass is 16.6. The van der Waals surface area contributed by atoms with Gasteiger partial charge in [-0.15, -0.1) is 0 Å². The Bertz CT molecular complexity index is 659. The molecule has 21 heavy (non-hydrogen) atoms. The van der Waals surface area contributed by atoms with Gasteiger partial charge < -0.3 is 10.6 Å². The van der Waals surface area contributed by atoms with Crippen LogP contribution in [0.4, 0.5) is 16.2 Å². The van der Waals surface area contributed by atoms with E-state index in [9.17, 15) is 14.9 Å². The Morgan fingerprint density at radius 2 is 2.14 bits per heavy atom. The van der Waals surface area contributed by atoms with Crippen molar-refractivity contribution >= 4 is 17.4 Å². The third-order valence-corrected chi connectivity index (χ3v) is 2.93. The van der Waals surface area contributed by atoms with E-state index in [1.165, 1.54) is 12.1 Å². The lowest BCUT2D eigenvalue weighted by Gasteiger charge is -2.09. The van der Waals surface area contributed by atoms with Crippen molar-refractivity contribution in [3.8, 4) is 0 Å². The largest absolute Gasteiger partial charge is 0.334 e. The summed E-state index contributed by atoms with van der Waals surface area (Å²) >= 11 is 0. The maximum Gasteiger partial charge on any atom is 0.319 e. The van der Waals surface area contributed by atoms with E-state index in [1.54, 1.807) is 31.5 Å². The SMILES string of the molecule is Cc1c(NC(=O)NCc2cccnc2)cccc1[N+](=O)[O-]. The fourth-order valence-corrected chi connectivity index (χ4v) is 1.81. The summed E-state index contributed by atoms with van der Waals surface area (Å²) in [6, 6.07) is 7.73. The Kier molecular flexibility index (Phi) is 4.45. The Labute approximate surface area is 121 Å². The zero-order valence-corrected chi connectivity index (χ0v) is 11.4. The lowest BCUT2D eigenvalue weighted by atomic mass is 10.1. The number of carbonyl (C=O) groups excluding carboxylic acids is 1. The van der Waals surface area contributed by atoms with E-state index < -0.39 is 11.0 Å². The predicted octanol–water partition coefficient (Wildman–Crippen LogP) is 2.62. The van der Waals surface area contributed by atoms with Crippen LogP contribution in [0.15, 0.2) is 42.7 Å². The highest BCUT2D eigenvalue weighted by molar-refractivity contribution is 5.90. The first-order chi connectivity index (χ1) is 10.1. The van der Waals surface area contributed by atoms with Crippen LogP contribution in [0, 0.1) is 17.0 Å². The number of pyridine rings is 1. The fourth-order valence-electron chi connectivity index (χ4n) is 1.81. The molecule has 0 aliphatic heterocycles. The Morgan fingerprint density at radius 1 is 1.33 bits per heavy atom. The number of benzene rings is 1. The van der Waals surface area contributed by atoms with Crippen molar-refractivity contribution in [1.82, 2.24) is 10.3 Å². The number of rotatable bonds is 4. The number of nitrogens with one attached hydrogen (secondary N) is 2. The van der Waals surface area contributed by atoms with E-state index in [2.05, 4.69) is 15.6 Å². The van der Waals surface area contributed by atoms with Gasteiger partial charge in [0.2, 0.25) is 0 Å². The lowest BCUT2D eigenvalue weighted by molar-refractivity contribution is -0.385. The van der Waals surface area contributed by atoms with Gasteiger partial charge in [-0.2, -0.15) is 0 Å². The molecule has 1 aromatic carbocycles. The molecule has 0 fully saturated rings. The molecule has 0 spiro atoms. The van der Waals surface area contributed by atoms with Crippen LogP contribution in [-0.2, 0) is 6.54 Å². The highest BCUT2D eigenvalue weighted by Crippen LogP contribution is 2.24. The Morgan fingerprint density at radius 3 is 2.81 bits per heavy atom. The zero-order valence-electron chi connectivity index (χ0n) is 11.4. The maximum atomic E-state index is 11.8. The number of hydrogen-bond acceptors (Lipinski definition) is 4. The molecule has 2 N–H and O–H groups in total. The highest BCUT2D eigenvalue weighted by Gasteiger charge is 2.14. The molecule has 0 atom stereocenters. The average Bonchev–Trinajstić information content (AvgIpc) is 2.48. The van der Waals surface area contributed by atoms with Crippen molar-refractivity contribution in [3.63, 3.8) is 0 Å². The molecule has 1 heterocycles. The van der Waals surface area contributed by atoms with E-state index in [0.29, 0.717) is 17.8 Å². The van der Waals surface area contributed by atoms with Crippen molar-refractivity contribution in [1.29, 1.82) is 0 Å². The molecule has 2 rings (SSSR count). The number of nitro groups is 1. The molecular weight excluding hydrogens is 272 g/mol. The number of amides is 2. The Balaban J connectivity index is 2.00. The summed E-state index contributed by atoms with van der Waals surface area (Å²) in [6.07, 6.45) is 3.30. The zero-order chi connectivity index (χ0) is 15.2. The molecular formula is C14H14N4O3. The summed E-state index contributed by atoms with van der Waals surface area (Å²) in [5.74, 6) is 0. The first-order valence-corrected chi connectivity index (χ1v) is 6.25. The normalized spacial score (nSPS) is 9.95. The van der Waals surface area contributed by atoms with E-state index in [-0.39, 0.29) is 5.69 Å². The molecule has 0 radical (unpaired) electrons. The van der Waals surface area contributed by atoms with Gasteiger partial charge in [-0.25, -0.2) is 4.79 Å². The van der Waals surface area contributed by atoms with Gasteiger partial charge in [-0.05, 0) is 24.6 Å². The molecule has 2 amide bonds. The van der Waals surface area contributed by atoms with Gasteiger partial charge in [0.15, 0.2) is 0 Å². The van der Waals surface area contributed by atoms with E-state index in [1.807, 2.05) is 6.07 Å². The predicted molar refractivity (Wildman–Crippen MR) is 77.9 cm³/mol. The lowest BCUT2D eigenvalue weighted by Crippen LogP contribution is -2.28. The van der Waals surface area contributed by atoms with Crippen LogP contribution in [0.2, 0.25) is 0 Å². The van der Waals surface area contributed by atoms with Crippen LogP contribution in [0.3, 0.4) is 0 Å². The van der Waals surface area contributed by atoms with Crippen molar-refractivity contribution < 1.29 is 9.72 Å². The number of aromatic nitrogens is 1. The summed E-state index contributed by atoms with van der Waals surface area (Å²) < 4.78 is 0. The number of anilines is 1. The summed E-state index contributed by atoms with van der Waals surface area (Å²) in [6.45, 7) is 1.92. The molecule has 2 aromatic rings. The van der Waals surface area contributed by atoms with Crippen LogP contribution < -0.4 is 10.6 Å². The fraction of sp³-hybridized carbons (Fsp3) is 0.143. The first-order valence-electron chi connectivity index (χ1n) is 6.25. The number of carbonyl (C=O) groups is 1. The average molecular weight is 286 g/mol. The van der Waals surface area contributed by atoms with Gasteiger partial charge in [0, 0.05) is 25.0 Å². The summed E-state index contributed by atoms with van der Waals surface area (Å²) in [5, 5.41) is 16.1. The Hall–Kier alpha value is -2.96. The van der Waals surface area contributed by atoms with Gasteiger partial charge in [0.05, 0.1) is 16.2 Å². The molecule has 0 aliphatic carbocycles. The van der Waals surface area contributed by atoms with Gasteiger partial charge in [0.25, 0.3) is 5.69 Å². The van der Waals surface area contributed by atoms with E-state index in [0.717, 1.165) is 5.56 Å². The third kappa shape index (κ3) is 3.75. The van der Waals surface area contributed by atoms with Gasteiger partial charge in [-0.3, -0.25) is 15.1 Å². The quantitative estimate of drug-likeness (QED) is 0.666. The first kappa shape index (κ1) is 14.4. The van der Waals surface area contributed by atoms with Crippen LogP contribution in [0.25, 0.3) is 0 Å². The molecule has 0 saturated carbocycles. The summed E-state index contributed by atoms with van der Waals surface area (Å²) in [4.78, 5) is 26.1. The molecule has 0 bridgehead atoms. The molecule has 1 aromatic heterocycles. The minimum atomic E-state index is -0.478. The van der Waals surface area contributed by atoms with E-state index >= 15 is 0 Å². The van der Waals surface area contributed by atoms with E-state index in [4.69, 9.17) is 0 Å². The topological polar surface area (TPSA) is 97.2 Å². The number of urea groups is 1. The molecule has 7 heteroatoms. The second-order valence-corrected chi connectivity index (χ2v) is 4.38. The van der Waals surface area contributed by atoms with Crippen molar-refractivity contribution in [2.24, 2.45) is 0 Å². The van der Waals surface area contributed by atoms with Gasteiger partial charge in [0.1, 0.15) is 0 Å². The number of nitrogens with zero attached hydrogens (tertiary/aromatic N) is 2. The maximum absolute atomic E-state index is 11.8. The smallest absolute Gasteiger partial charge is 0.319 e.